The van der Waals surface area contributed by atoms with Gasteiger partial charge in [0, 0.05) is 0 Å². The fourth-order valence-electron chi connectivity index (χ4n) is 1.47. The van der Waals surface area contributed by atoms with E-state index < -0.39 is 0 Å². The van der Waals surface area contributed by atoms with Crippen molar-refractivity contribution in [1.82, 2.24) is 0 Å². The third kappa shape index (κ3) is 2.61. The van der Waals surface area contributed by atoms with Gasteiger partial charge in [-0.15, -0.1) is 0 Å². The molecule has 2 rings (SSSR count). The van der Waals surface area contributed by atoms with Crippen molar-refractivity contribution in [3.05, 3.63) is 39.7 Å². The zero-order valence-electron chi connectivity index (χ0n) is 9.37. The molecule has 0 aliphatic heterocycles. The summed E-state index contributed by atoms with van der Waals surface area (Å²) < 4.78 is 6.18. The van der Waals surface area contributed by atoms with Gasteiger partial charge in [0.05, 0.1) is 0 Å². The molecule has 2 nitrogen and oxygen atoms in total. The number of rotatable bonds is 3. The summed E-state index contributed by atoms with van der Waals surface area (Å²) in [5, 5.41) is 0. The molecule has 0 saturated heterocycles. The number of ether oxygens (including phenoxy) is 1. The van der Waals surface area contributed by atoms with Crippen molar-refractivity contribution < 1.29 is 4.74 Å². The number of methoxy groups -OCH3 is 1. The first-order valence-electron chi connectivity index (χ1n) is 5.00. The van der Waals surface area contributed by atoms with Crippen LogP contribution in [-0.2, 0) is 4.74 Å². The Morgan fingerprint density at radius 3 is 2.59 bits per heavy atom. The van der Waals surface area contributed by atoms with Crippen LogP contribution in [0.1, 0.15) is 4.88 Å². The van der Waals surface area contributed by atoms with Gasteiger partial charge in [0.1, 0.15) is 0 Å². The summed E-state index contributed by atoms with van der Waals surface area (Å²) in [7, 11) is 5.42. The summed E-state index contributed by atoms with van der Waals surface area (Å²) in [5.41, 5.74) is 8.40. The predicted molar refractivity (Wildman–Crippen MR) is 80.1 cm³/mol. The SMILES string of the molecule is B=C(OC)c1sc(-c2ccc(Br)cc2)cc1N. The van der Waals surface area contributed by atoms with Crippen LogP contribution in [0.5, 0.6) is 0 Å². The fourth-order valence-corrected chi connectivity index (χ4v) is 2.77. The maximum atomic E-state index is 5.95. The van der Waals surface area contributed by atoms with Gasteiger partial charge in [-0.25, -0.2) is 0 Å². The van der Waals surface area contributed by atoms with Gasteiger partial charge in [-0.05, 0) is 0 Å². The molecule has 2 N–H and O–H groups in total. The minimum atomic E-state index is 0.607. The van der Waals surface area contributed by atoms with Crippen LogP contribution in [-0.4, -0.2) is 20.2 Å². The Bertz CT molecular complexity index is 550. The van der Waals surface area contributed by atoms with Crippen LogP contribution in [0.3, 0.4) is 0 Å². The summed E-state index contributed by atoms with van der Waals surface area (Å²) in [4.78, 5) is 2.01. The molecular weight excluding hydrogens is 297 g/mol. The second-order valence-electron chi connectivity index (χ2n) is 3.53. The quantitative estimate of drug-likeness (QED) is 0.885. The standard InChI is InChI=1S/C12H11BBrNOS/c1-16-12(13)11-9(15)6-10(17-11)7-2-4-8(14)5-3-7/h2-6,13H,15H2,1H3. The number of hydrogen-bond donors (Lipinski definition) is 1. The minimum absolute atomic E-state index is 0.607. The molecule has 1 heterocycles. The van der Waals surface area contributed by atoms with Crippen LogP contribution in [0, 0.1) is 0 Å². The van der Waals surface area contributed by atoms with Crippen molar-refractivity contribution in [2.24, 2.45) is 0 Å². The molecule has 0 radical (unpaired) electrons. The molecule has 0 spiro atoms. The number of nitrogen functional groups attached to an aromatic ring is 1. The van der Waals surface area contributed by atoms with Gasteiger partial charge in [0.2, 0.25) is 0 Å². The van der Waals surface area contributed by atoms with Crippen molar-refractivity contribution >= 4 is 46.1 Å². The zero-order chi connectivity index (χ0) is 12.4. The molecule has 5 heteroatoms. The van der Waals surface area contributed by atoms with Gasteiger partial charge in [0.15, 0.2) is 0 Å². The van der Waals surface area contributed by atoms with Crippen LogP contribution >= 0.6 is 27.3 Å². The van der Waals surface area contributed by atoms with Crippen molar-refractivity contribution in [2.75, 3.05) is 12.8 Å². The van der Waals surface area contributed by atoms with E-state index in [4.69, 9.17) is 10.5 Å². The van der Waals surface area contributed by atoms with Crippen LogP contribution in [0.2, 0.25) is 0 Å². The molecule has 0 saturated carbocycles. The first-order chi connectivity index (χ1) is 8.11. The summed E-state index contributed by atoms with van der Waals surface area (Å²) in [6.45, 7) is 0. The number of hydrogen-bond acceptors (Lipinski definition) is 3. The Kier molecular flexibility index (Phi) is 3.69. The Morgan fingerprint density at radius 2 is 2.00 bits per heavy atom. The average molecular weight is 308 g/mol. The fraction of sp³-hybridized carbons (Fsp3) is 0.0833. The molecule has 1 aromatic carbocycles. The molecule has 0 fully saturated rings. The Morgan fingerprint density at radius 1 is 1.35 bits per heavy atom. The summed E-state index contributed by atoms with van der Waals surface area (Å²) in [5.74, 6) is 0. The third-order valence-electron chi connectivity index (χ3n) is 2.39. The first-order valence-corrected chi connectivity index (χ1v) is 6.61. The topological polar surface area (TPSA) is 35.2 Å². The second kappa shape index (κ2) is 5.06. The molecule has 1 aromatic heterocycles. The van der Waals surface area contributed by atoms with Crippen LogP contribution in [0.25, 0.3) is 10.4 Å². The van der Waals surface area contributed by atoms with Gasteiger partial charge in [-0.3, -0.25) is 0 Å². The van der Waals surface area contributed by atoms with Crippen molar-refractivity contribution in [1.29, 1.82) is 0 Å². The monoisotopic (exact) mass is 307 g/mol. The van der Waals surface area contributed by atoms with Crippen LogP contribution in [0.15, 0.2) is 34.8 Å². The van der Waals surface area contributed by atoms with Crippen molar-refractivity contribution in [2.45, 2.75) is 0 Å². The van der Waals surface area contributed by atoms with E-state index in [0.717, 1.165) is 19.8 Å². The van der Waals surface area contributed by atoms with Crippen molar-refractivity contribution in [3.8, 4) is 10.4 Å². The molecule has 0 amide bonds. The molecule has 0 unspecified atom stereocenters. The number of thiophene rings is 1. The van der Waals surface area contributed by atoms with E-state index in [1.165, 1.54) is 0 Å². The van der Waals surface area contributed by atoms with E-state index in [0.29, 0.717) is 11.3 Å². The van der Waals surface area contributed by atoms with Gasteiger partial charge in [0.25, 0.3) is 0 Å². The van der Waals surface area contributed by atoms with E-state index in [1.54, 1.807) is 18.4 Å². The molecule has 2 aromatic rings. The van der Waals surface area contributed by atoms with Gasteiger partial charge in [-0.2, -0.15) is 0 Å². The van der Waals surface area contributed by atoms with E-state index in [-0.39, 0.29) is 0 Å². The molecule has 0 aliphatic carbocycles. The summed E-state index contributed by atoms with van der Waals surface area (Å²) in [6.07, 6.45) is 0. The normalized spacial score (nSPS) is 10.2. The number of nitrogens with two attached hydrogens (primary N) is 1. The van der Waals surface area contributed by atoms with E-state index in [9.17, 15) is 0 Å². The van der Waals surface area contributed by atoms with Gasteiger partial charge >= 0.3 is 114 Å². The summed E-state index contributed by atoms with van der Waals surface area (Å²) >= 11 is 5.00. The predicted octanol–water partition coefficient (Wildman–Crippen LogP) is 2.79. The molecule has 86 valence electrons. The number of benzene rings is 1. The van der Waals surface area contributed by atoms with Crippen LogP contribution in [0.4, 0.5) is 5.69 Å². The van der Waals surface area contributed by atoms with E-state index >= 15 is 0 Å². The summed E-state index contributed by atoms with van der Waals surface area (Å²) in [6, 6.07) is 10.1. The molecule has 0 aliphatic rings. The van der Waals surface area contributed by atoms with Crippen molar-refractivity contribution in [3.63, 3.8) is 0 Å². The molecule has 17 heavy (non-hydrogen) atoms. The maximum absolute atomic E-state index is 5.95. The van der Waals surface area contributed by atoms with E-state index in [2.05, 4.69) is 35.6 Å². The second-order valence-corrected chi connectivity index (χ2v) is 5.50. The Labute approximate surface area is 114 Å². The molecular formula is C12H11BBrNOS. The molecule has 0 bridgehead atoms. The average Bonchev–Trinajstić information content (AvgIpc) is 2.71. The van der Waals surface area contributed by atoms with Gasteiger partial charge in [-0.1, -0.05) is 0 Å². The molecule has 0 atom stereocenters. The van der Waals surface area contributed by atoms with Crippen LogP contribution < -0.4 is 5.73 Å². The number of halogens is 1. The Hall–Kier alpha value is -1.07. The van der Waals surface area contributed by atoms with Gasteiger partial charge < -0.3 is 0 Å². The Balaban J connectivity index is 2.41. The zero-order valence-corrected chi connectivity index (χ0v) is 11.8. The third-order valence-corrected chi connectivity index (χ3v) is 4.16. The first kappa shape index (κ1) is 12.4. The van der Waals surface area contributed by atoms with E-state index in [1.807, 2.05) is 18.2 Å². The number of anilines is 1.